The maximum absolute atomic E-state index is 12.0. The zero-order chi connectivity index (χ0) is 16.6. The van der Waals surface area contributed by atoms with E-state index < -0.39 is 16.1 Å². The van der Waals surface area contributed by atoms with Gasteiger partial charge in [0.05, 0.1) is 17.5 Å². The fraction of sp³-hybridized carbons (Fsp3) is 0.133. The second-order valence-electron chi connectivity index (χ2n) is 5.01. The lowest BCUT2D eigenvalue weighted by atomic mass is 10.1. The van der Waals surface area contributed by atoms with Crippen LogP contribution in [0.1, 0.15) is 17.2 Å². The van der Waals surface area contributed by atoms with Crippen LogP contribution in [0.3, 0.4) is 0 Å². The first-order valence-corrected chi connectivity index (χ1v) is 8.91. The van der Waals surface area contributed by atoms with Crippen LogP contribution < -0.4 is 4.72 Å². The van der Waals surface area contributed by atoms with Crippen molar-refractivity contribution < 1.29 is 13.5 Å². The van der Waals surface area contributed by atoms with E-state index in [-0.39, 0.29) is 17.3 Å². The lowest BCUT2D eigenvalue weighted by Crippen LogP contribution is -2.23. The average Bonchev–Trinajstić information content (AvgIpc) is 2.75. The number of nitrogens with zero attached hydrogens (tertiary/aromatic N) is 1. The number of fused-ring (bicyclic) bond motifs is 1. The quantitative estimate of drug-likeness (QED) is 0.871. The smallest absolute Gasteiger partial charge is 0.263 e. The Morgan fingerprint density at radius 2 is 1.78 bits per heavy atom. The molecule has 2 aromatic rings. The number of aliphatic hydroxyl groups excluding tert-OH is 1. The number of aliphatic hydroxyl groups is 1. The number of benzene rings is 2. The number of aliphatic imine (C=N–C) groups is 1. The number of hydrogen-bond donors (Lipinski definition) is 2. The van der Waals surface area contributed by atoms with Crippen LogP contribution in [-0.4, -0.2) is 25.9 Å². The van der Waals surface area contributed by atoms with Crippen molar-refractivity contribution >= 4 is 39.1 Å². The Balaban J connectivity index is 1.86. The van der Waals surface area contributed by atoms with Gasteiger partial charge < -0.3 is 5.11 Å². The molecule has 3 rings (SSSR count). The van der Waals surface area contributed by atoms with E-state index in [2.05, 4.69) is 9.71 Å². The third kappa shape index (κ3) is 3.35. The van der Waals surface area contributed by atoms with Crippen molar-refractivity contribution in [2.45, 2.75) is 11.0 Å². The van der Waals surface area contributed by atoms with Crippen LogP contribution in [0.4, 0.5) is 0 Å². The van der Waals surface area contributed by atoms with Gasteiger partial charge in [-0.05, 0) is 35.9 Å². The van der Waals surface area contributed by atoms with Gasteiger partial charge in [0.15, 0.2) is 0 Å². The van der Waals surface area contributed by atoms with Crippen molar-refractivity contribution in [1.82, 2.24) is 4.72 Å². The second kappa shape index (κ2) is 6.13. The molecule has 1 heterocycles. The predicted molar refractivity (Wildman–Crippen MR) is 89.6 cm³/mol. The summed E-state index contributed by atoms with van der Waals surface area (Å²) in [4.78, 5) is 4.37. The Morgan fingerprint density at radius 3 is 2.48 bits per heavy atom. The van der Waals surface area contributed by atoms with Crippen LogP contribution in [0.2, 0.25) is 10.0 Å². The molecule has 1 aliphatic rings. The van der Waals surface area contributed by atoms with Crippen LogP contribution in [0.15, 0.2) is 52.4 Å². The molecular formula is C15H12Cl2N2O3S. The number of sulfonamides is 1. The lowest BCUT2D eigenvalue weighted by Gasteiger charge is -2.10. The van der Waals surface area contributed by atoms with Crippen molar-refractivity contribution in [3.05, 3.63) is 63.6 Å². The third-order valence-corrected chi connectivity index (χ3v) is 5.19. The Kier molecular flexibility index (Phi) is 4.33. The molecule has 5 nitrogen and oxygen atoms in total. The standard InChI is InChI=1S/C15H12Cl2N2O3S/c16-10-5-9(6-11(17)7-10)13(20)8-18-15-12-3-1-2-4-14(12)23(21,22)19-15/h1-7,13,20H,8H2,(H,18,19). The summed E-state index contributed by atoms with van der Waals surface area (Å²) in [7, 11) is -3.59. The summed E-state index contributed by atoms with van der Waals surface area (Å²) in [5.41, 5.74) is 1.00. The summed E-state index contributed by atoms with van der Waals surface area (Å²) >= 11 is 11.8. The summed E-state index contributed by atoms with van der Waals surface area (Å²) in [5, 5.41) is 11.0. The predicted octanol–water partition coefficient (Wildman–Crippen LogP) is 2.77. The molecule has 2 aromatic carbocycles. The molecule has 0 bridgehead atoms. The second-order valence-corrected chi connectivity index (χ2v) is 7.53. The zero-order valence-electron chi connectivity index (χ0n) is 11.7. The molecule has 0 aromatic heterocycles. The topological polar surface area (TPSA) is 78.8 Å². The number of halogens is 2. The van der Waals surface area contributed by atoms with Crippen molar-refractivity contribution in [1.29, 1.82) is 0 Å². The molecule has 0 saturated carbocycles. The minimum atomic E-state index is -3.59. The fourth-order valence-electron chi connectivity index (χ4n) is 2.30. The van der Waals surface area contributed by atoms with Gasteiger partial charge in [0.2, 0.25) is 0 Å². The van der Waals surface area contributed by atoms with Crippen molar-refractivity contribution in [2.75, 3.05) is 6.54 Å². The van der Waals surface area contributed by atoms with Crippen molar-refractivity contribution in [3.8, 4) is 0 Å². The molecule has 0 saturated heterocycles. The first-order chi connectivity index (χ1) is 10.9. The zero-order valence-corrected chi connectivity index (χ0v) is 14.0. The molecule has 2 N–H and O–H groups in total. The van der Waals surface area contributed by atoms with Gasteiger partial charge in [0.1, 0.15) is 5.84 Å². The monoisotopic (exact) mass is 370 g/mol. The van der Waals surface area contributed by atoms with E-state index >= 15 is 0 Å². The fourth-order valence-corrected chi connectivity index (χ4v) is 4.10. The van der Waals surface area contributed by atoms with Gasteiger partial charge in [0, 0.05) is 15.6 Å². The maximum atomic E-state index is 12.0. The molecule has 0 aliphatic carbocycles. The van der Waals surface area contributed by atoms with Gasteiger partial charge in [-0.1, -0.05) is 35.3 Å². The van der Waals surface area contributed by atoms with Crippen LogP contribution in [0.25, 0.3) is 0 Å². The van der Waals surface area contributed by atoms with E-state index in [4.69, 9.17) is 23.2 Å². The van der Waals surface area contributed by atoms with Gasteiger partial charge in [-0.2, -0.15) is 0 Å². The lowest BCUT2D eigenvalue weighted by molar-refractivity contribution is 0.187. The minimum Gasteiger partial charge on any atom is -0.386 e. The van der Waals surface area contributed by atoms with Crippen molar-refractivity contribution in [3.63, 3.8) is 0 Å². The highest BCUT2D eigenvalue weighted by atomic mass is 35.5. The Hall–Kier alpha value is -1.60. The van der Waals surface area contributed by atoms with Crippen LogP contribution in [-0.2, 0) is 10.0 Å². The molecule has 0 radical (unpaired) electrons. The summed E-state index contributed by atoms with van der Waals surface area (Å²) in [5.74, 6) is 0.216. The van der Waals surface area contributed by atoms with Gasteiger partial charge in [-0.15, -0.1) is 0 Å². The molecule has 120 valence electrons. The highest BCUT2D eigenvalue weighted by Crippen LogP contribution is 2.25. The molecule has 0 spiro atoms. The molecule has 0 amide bonds. The van der Waals surface area contributed by atoms with Crippen LogP contribution >= 0.6 is 23.2 Å². The SMILES string of the molecule is O=S1(=O)NC(=NCC(O)c2cc(Cl)cc(Cl)c2)c2ccccc21. The first kappa shape index (κ1) is 16.3. The van der Waals surface area contributed by atoms with E-state index in [0.29, 0.717) is 21.2 Å². The molecule has 0 fully saturated rings. The Labute approximate surface area is 143 Å². The number of nitrogens with one attached hydrogen (secondary N) is 1. The summed E-state index contributed by atoms with van der Waals surface area (Å²) in [6.07, 6.45) is -0.948. The number of rotatable bonds is 3. The van der Waals surface area contributed by atoms with Gasteiger partial charge >= 0.3 is 0 Å². The first-order valence-electron chi connectivity index (χ1n) is 6.67. The number of amidine groups is 1. The minimum absolute atomic E-state index is 0.0249. The van der Waals surface area contributed by atoms with Gasteiger partial charge in [0.25, 0.3) is 10.0 Å². The van der Waals surface area contributed by atoms with E-state index in [1.165, 1.54) is 6.07 Å². The van der Waals surface area contributed by atoms with E-state index in [1.807, 2.05) is 0 Å². The summed E-state index contributed by atoms with van der Waals surface area (Å²) in [6.45, 7) is -0.0249. The molecule has 1 aliphatic heterocycles. The van der Waals surface area contributed by atoms with E-state index in [0.717, 1.165) is 0 Å². The summed E-state index contributed by atoms with van der Waals surface area (Å²) in [6, 6.07) is 11.3. The number of hydrogen-bond acceptors (Lipinski definition) is 4. The third-order valence-electron chi connectivity index (χ3n) is 3.35. The summed E-state index contributed by atoms with van der Waals surface area (Å²) < 4.78 is 26.3. The molecule has 8 heteroatoms. The van der Waals surface area contributed by atoms with Crippen LogP contribution in [0, 0.1) is 0 Å². The molecule has 1 atom stereocenters. The largest absolute Gasteiger partial charge is 0.386 e. The van der Waals surface area contributed by atoms with Crippen molar-refractivity contribution in [2.24, 2.45) is 4.99 Å². The van der Waals surface area contributed by atoms with E-state index in [9.17, 15) is 13.5 Å². The Bertz CT molecular complexity index is 877. The highest BCUT2D eigenvalue weighted by molar-refractivity contribution is 7.90. The normalized spacial score (nSPS) is 18.5. The molecular weight excluding hydrogens is 359 g/mol. The highest BCUT2D eigenvalue weighted by Gasteiger charge is 2.30. The van der Waals surface area contributed by atoms with Gasteiger partial charge in [-0.25, -0.2) is 8.42 Å². The Morgan fingerprint density at radius 1 is 1.13 bits per heavy atom. The van der Waals surface area contributed by atoms with E-state index in [1.54, 1.807) is 36.4 Å². The van der Waals surface area contributed by atoms with Crippen LogP contribution in [0.5, 0.6) is 0 Å². The molecule has 1 unspecified atom stereocenters. The molecule has 23 heavy (non-hydrogen) atoms. The van der Waals surface area contributed by atoms with Gasteiger partial charge in [-0.3, -0.25) is 9.71 Å². The average molecular weight is 371 g/mol. The maximum Gasteiger partial charge on any atom is 0.263 e.